The Hall–Kier alpha value is -1.35. The number of carbonyl (C=O) groups is 1. The molecule has 1 aliphatic rings. The number of amides is 1. The van der Waals surface area contributed by atoms with Crippen LogP contribution in [-0.2, 0) is 17.8 Å². The monoisotopic (exact) mass is 274 g/mol. The predicted octanol–water partition coefficient (Wildman–Crippen LogP) is 2.59. The van der Waals surface area contributed by atoms with Crippen LogP contribution >= 0.6 is 0 Å². The first-order chi connectivity index (χ1) is 9.30. The molecule has 0 aliphatic carbocycles. The van der Waals surface area contributed by atoms with E-state index in [9.17, 15) is 4.79 Å². The minimum atomic E-state index is -0.0975. The molecular weight excluding hydrogens is 248 g/mol. The Morgan fingerprint density at radius 3 is 2.50 bits per heavy atom. The summed E-state index contributed by atoms with van der Waals surface area (Å²) in [6, 6.07) is 8.48. The van der Waals surface area contributed by atoms with Crippen molar-refractivity contribution in [2.75, 3.05) is 7.05 Å². The van der Waals surface area contributed by atoms with Crippen LogP contribution in [0.25, 0.3) is 0 Å². The molecule has 0 saturated heterocycles. The van der Waals surface area contributed by atoms with Gasteiger partial charge in [0.2, 0.25) is 5.91 Å². The Bertz CT molecular complexity index is 490. The van der Waals surface area contributed by atoms with Crippen LogP contribution in [0, 0.1) is 5.41 Å². The van der Waals surface area contributed by atoms with Gasteiger partial charge in [-0.05, 0) is 29.9 Å². The Morgan fingerprint density at radius 2 is 1.90 bits per heavy atom. The molecule has 1 amide bonds. The average molecular weight is 274 g/mol. The van der Waals surface area contributed by atoms with Gasteiger partial charge in [0.25, 0.3) is 0 Å². The summed E-state index contributed by atoms with van der Waals surface area (Å²) in [6.07, 6.45) is 0.788. The summed E-state index contributed by atoms with van der Waals surface area (Å²) in [4.78, 5) is 14.6. The van der Waals surface area contributed by atoms with Crippen molar-refractivity contribution in [2.45, 2.75) is 52.7 Å². The van der Waals surface area contributed by atoms with E-state index in [1.165, 1.54) is 11.1 Å². The summed E-state index contributed by atoms with van der Waals surface area (Å²) >= 11 is 0. The third-order valence-electron chi connectivity index (χ3n) is 4.56. The van der Waals surface area contributed by atoms with Gasteiger partial charge in [0, 0.05) is 19.6 Å². The van der Waals surface area contributed by atoms with Crippen molar-refractivity contribution in [3.05, 3.63) is 35.4 Å². The lowest BCUT2D eigenvalue weighted by molar-refractivity contribution is -0.136. The molecule has 0 fully saturated rings. The number of carbonyl (C=O) groups excluding carboxylic acids is 1. The minimum Gasteiger partial charge on any atom is -0.341 e. The standard InChI is InChI=1S/C17H26N2O/c1-12(17(2,3)4)19(5)16(20)15-10-13-8-6-7-9-14(13)11-18-15/h6-9,12,15,18H,10-11H2,1-5H3/t12?,15-/m0/s1. The van der Waals surface area contributed by atoms with E-state index in [1.807, 2.05) is 18.0 Å². The number of hydrogen-bond donors (Lipinski definition) is 1. The molecule has 1 unspecified atom stereocenters. The topological polar surface area (TPSA) is 32.3 Å². The van der Waals surface area contributed by atoms with Gasteiger partial charge in [0.15, 0.2) is 0 Å². The fraction of sp³-hybridized carbons (Fsp3) is 0.588. The van der Waals surface area contributed by atoms with Crippen molar-refractivity contribution in [3.8, 4) is 0 Å². The number of nitrogens with one attached hydrogen (secondary N) is 1. The van der Waals surface area contributed by atoms with Gasteiger partial charge < -0.3 is 10.2 Å². The summed E-state index contributed by atoms with van der Waals surface area (Å²) in [7, 11) is 1.92. The summed E-state index contributed by atoms with van der Waals surface area (Å²) in [5.41, 5.74) is 2.70. The van der Waals surface area contributed by atoms with Crippen LogP contribution < -0.4 is 5.32 Å². The van der Waals surface area contributed by atoms with Gasteiger partial charge in [0.1, 0.15) is 0 Å². The number of likely N-dealkylation sites (N-methyl/N-ethyl adjacent to an activating group) is 1. The van der Waals surface area contributed by atoms with E-state index in [0.29, 0.717) is 0 Å². The van der Waals surface area contributed by atoms with Crippen LogP contribution in [0.5, 0.6) is 0 Å². The molecule has 0 radical (unpaired) electrons. The smallest absolute Gasteiger partial charge is 0.240 e. The molecule has 3 nitrogen and oxygen atoms in total. The molecule has 20 heavy (non-hydrogen) atoms. The number of nitrogens with zero attached hydrogens (tertiary/aromatic N) is 1. The average Bonchev–Trinajstić information content (AvgIpc) is 2.43. The van der Waals surface area contributed by atoms with Crippen molar-refractivity contribution in [1.82, 2.24) is 10.2 Å². The van der Waals surface area contributed by atoms with E-state index in [0.717, 1.165) is 13.0 Å². The van der Waals surface area contributed by atoms with Crippen molar-refractivity contribution >= 4 is 5.91 Å². The van der Waals surface area contributed by atoms with Crippen LogP contribution in [0.2, 0.25) is 0 Å². The molecule has 3 heteroatoms. The van der Waals surface area contributed by atoms with Crippen LogP contribution in [0.3, 0.4) is 0 Å². The fourth-order valence-electron chi connectivity index (χ4n) is 2.65. The fourth-order valence-corrected chi connectivity index (χ4v) is 2.65. The molecule has 1 heterocycles. The van der Waals surface area contributed by atoms with Crippen molar-refractivity contribution in [3.63, 3.8) is 0 Å². The Balaban J connectivity index is 2.08. The number of hydrogen-bond acceptors (Lipinski definition) is 2. The molecule has 1 aliphatic heterocycles. The highest BCUT2D eigenvalue weighted by atomic mass is 16.2. The van der Waals surface area contributed by atoms with E-state index in [4.69, 9.17) is 0 Å². The van der Waals surface area contributed by atoms with Crippen molar-refractivity contribution < 1.29 is 4.79 Å². The maximum atomic E-state index is 12.7. The normalized spacial score (nSPS) is 20.1. The van der Waals surface area contributed by atoms with Gasteiger partial charge in [-0.15, -0.1) is 0 Å². The van der Waals surface area contributed by atoms with Gasteiger partial charge in [-0.1, -0.05) is 45.0 Å². The molecule has 0 saturated carbocycles. The van der Waals surface area contributed by atoms with Gasteiger partial charge in [-0.2, -0.15) is 0 Å². The molecule has 1 N–H and O–H groups in total. The summed E-state index contributed by atoms with van der Waals surface area (Å²) in [5, 5.41) is 3.37. The molecule has 1 aromatic rings. The second-order valence-corrected chi connectivity index (χ2v) is 6.90. The first-order valence-electron chi connectivity index (χ1n) is 7.37. The Kier molecular flexibility index (Phi) is 4.19. The molecule has 110 valence electrons. The molecule has 0 aromatic heterocycles. The van der Waals surface area contributed by atoms with Gasteiger partial charge in [-0.25, -0.2) is 0 Å². The summed E-state index contributed by atoms with van der Waals surface area (Å²) in [5.74, 6) is 0.196. The van der Waals surface area contributed by atoms with Gasteiger partial charge in [-0.3, -0.25) is 4.79 Å². The molecule has 1 aromatic carbocycles. The second-order valence-electron chi connectivity index (χ2n) is 6.90. The zero-order valence-corrected chi connectivity index (χ0v) is 13.2. The lowest BCUT2D eigenvalue weighted by atomic mass is 9.86. The second kappa shape index (κ2) is 5.57. The maximum Gasteiger partial charge on any atom is 0.240 e. The van der Waals surface area contributed by atoms with E-state index in [2.05, 4.69) is 51.2 Å². The quantitative estimate of drug-likeness (QED) is 0.899. The third-order valence-corrected chi connectivity index (χ3v) is 4.56. The highest BCUT2D eigenvalue weighted by Gasteiger charge is 2.32. The maximum absolute atomic E-state index is 12.7. The highest BCUT2D eigenvalue weighted by molar-refractivity contribution is 5.82. The van der Waals surface area contributed by atoms with Crippen LogP contribution in [0.15, 0.2) is 24.3 Å². The number of benzene rings is 1. The zero-order chi connectivity index (χ0) is 14.9. The molecule has 0 spiro atoms. The van der Waals surface area contributed by atoms with E-state index in [-0.39, 0.29) is 23.4 Å². The lowest BCUT2D eigenvalue weighted by Crippen LogP contribution is -2.53. The number of fused-ring (bicyclic) bond motifs is 1. The first kappa shape index (κ1) is 15.0. The molecule has 2 rings (SSSR count). The Morgan fingerprint density at radius 1 is 1.30 bits per heavy atom. The van der Waals surface area contributed by atoms with Crippen LogP contribution in [0.1, 0.15) is 38.8 Å². The lowest BCUT2D eigenvalue weighted by Gasteiger charge is -2.38. The van der Waals surface area contributed by atoms with E-state index < -0.39 is 0 Å². The van der Waals surface area contributed by atoms with Crippen molar-refractivity contribution in [1.29, 1.82) is 0 Å². The highest BCUT2D eigenvalue weighted by Crippen LogP contribution is 2.24. The number of rotatable bonds is 2. The largest absolute Gasteiger partial charge is 0.341 e. The molecular formula is C17H26N2O. The van der Waals surface area contributed by atoms with Gasteiger partial charge >= 0.3 is 0 Å². The van der Waals surface area contributed by atoms with Crippen LogP contribution in [0.4, 0.5) is 0 Å². The summed E-state index contributed by atoms with van der Waals surface area (Å²) in [6.45, 7) is 9.42. The van der Waals surface area contributed by atoms with E-state index in [1.54, 1.807) is 0 Å². The van der Waals surface area contributed by atoms with E-state index >= 15 is 0 Å². The zero-order valence-electron chi connectivity index (χ0n) is 13.2. The SMILES string of the molecule is CC(N(C)C(=O)[C@@H]1Cc2ccccc2CN1)C(C)(C)C. The third kappa shape index (κ3) is 3.04. The van der Waals surface area contributed by atoms with Crippen molar-refractivity contribution in [2.24, 2.45) is 5.41 Å². The Labute approximate surface area is 122 Å². The van der Waals surface area contributed by atoms with Gasteiger partial charge in [0.05, 0.1) is 6.04 Å². The molecule has 0 bridgehead atoms. The van der Waals surface area contributed by atoms with Crippen LogP contribution in [-0.4, -0.2) is 29.9 Å². The first-order valence-corrected chi connectivity index (χ1v) is 7.37. The minimum absolute atomic E-state index is 0.0942. The molecule has 2 atom stereocenters. The summed E-state index contributed by atoms with van der Waals surface area (Å²) < 4.78 is 0. The predicted molar refractivity (Wildman–Crippen MR) is 82.5 cm³/mol.